The number of hydrogen-bond donors (Lipinski definition) is 1. The largest absolute Gasteiger partial charge is 0.495 e. The van der Waals surface area contributed by atoms with Gasteiger partial charge < -0.3 is 19.9 Å². The van der Waals surface area contributed by atoms with Crippen molar-refractivity contribution in [2.75, 3.05) is 27.1 Å². The zero-order valence-electron chi connectivity index (χ0n) is 24.2. The fourth-order valence-corrected chi connectivity index (χ4v) is 4.12. The molecule has 0 aromatic heterocycles. The molecule has 0 spiro atoms. The van der Waals surface area contributed by atoms with E-state index in [1.54, 1.807) is 19.2 Å². The Labute approximate surface area is 259 Å². The third-order valence-electron chi connectivity index (χ3n) is 6.16. The van der Waals surface area contributed by atoms with Crippen molar-refractivity contribution in [1.82, 2.24) is 0 Å². The summed E-state index contributed by atoms with van der Waals surface area (Å²) in [6.07, 6.45) is 0. The predicted molar refractivity (Wildman–Crippen MR) is 173 cm³/mol. The summed E-state index contributed by atoms with van der Waals surface area (Å²) < 4.78 is 15.0. The number of anilines is 1. The van der Waals surface area contributed by atoms with E-state index in [-0.39, 0.29) is 22.9 Å². The number of hydrogen-bond acceptors (Lipinski definition) is 8. The van der Waals surface area contributed by atoms with Gasteiger partial charge in [-0.1, -0.05) is 78.3 Å². The highest BCUT2D eigenvalue weighted by Crippen LogP contribution is 2.32. The molecule has 0 heterocycles. The number of nitro groups is 2. The summed E-state index contributed by atoms with van der Waals surface area (Å²) in [5.41, 5.74) is 10.5. The third-order valence-corrected chi connectivity index (χ3v) is 6.40. The van der Waals surface area contributed by atoms with Crippen LogP contribution in [0.5, 0.6) is 17.2 Å². The van der Waals surface area contributed by atoms with Gasteiger partial charge in [0.25, 0.3) is 0 Å². The Bertz CT molecular complexity index is 1700. The number of nitro benzene ring substituents is 2. The van der Waals surface area contributed by atoms with Crippen molar-refractivity contribution in [3.05, 3.63) is 141 Å². The average Bonchev–Trinajstić information content (AvgIpc) is 3.05. The van der Waals surface area contributed by atoms with Gasteiger partial charge in [-0.2, -0.15) is 0 Å². The lowest BCUT2D eigenvalue weighted by Crippen LogP contribution is -1.93. The molecule has 0 aliphatic rings. The van der Waals surface area contributed by atoms with Crippen LogP contribution in [0, 0.1) is 20.2 Å². The molecule has 44 heavy (non-hydrogen) atoms. The number of rotatable bonds is 7. The van der Waals surface area contributed by atoms with Crippen molar-refractivity contribution in [2.45, 2.75) is 0 Å². The Kier molecular flexibility index (Phi) is 12.1. The molecule has 2 N–H and O–H groups in total. The summed E-state index contributed by atoms with van der Waals surface area (Å²) in [5, 5.41) is 21.5. The van der Waals surface area contributed by atoms with Crippen LogP contribution < -0.4 is 19.9 Å². The lowest BCUT2D eigenvalue weighted by atomic mass is 10.1. The van der Waals surface area contributed by atoms with Crippen molar-refractivity contribution >= 4 is 28.7 Å². The second kappa shape index (κ2) is 16.1. The molecule has 0 amide bonds. The molecule has 5 aromatic carbocycles. The van der Waals surface area contributed by atoms with E-state index in [1.165, 1.54) is 38.5 Å². The van der Waals surface area contributed by atoms with Crippen LogP contribution in [0.15, 0.2) is 115 Å². The Balaban J connectivity index is 0.000000183. The average molecular weight is 616 g/mol. The first-order valence-corrected chi connectivity index (χ1v) is 13.4. The smallest absolute Gasteiger partial charge is 0.311 e. The number of nitrogens with zero attached hydrogens (tertiary/aromatic N) is 2. The number of methoxy groups -OCH3 is 3. The zero-order chi connectivity index (χ0) is 32.1. The van der Waals surface area contributed by atoms with Gasteiger partial charge in [-0.25, -0.2) is 0 Å². The molecule has 0 radical (unpaired) electrons. The van der Waals surface area contributed by atoms with Crippen LogP contribution in [-0.2, 0) is 0 Å². The standard InChI is InChI=1S/C13H11NO3.C13H13NO.C7H6ClNO3/c1-17-13-9-11(7-8-12(13)14(15)16)10-5-3-2-4-6-10;1-15-13-9-11(7-8-12(13)14)10-5-3-2-4-6-10;1-12-7-4-5(8)2-3-6(7)9(10)11/h2-9H,1H3;2-9H,14H2,1H3;2-4H,1H3. The van der Waals surface area contributed by atoms with Gasteiger partial charge in [0.05, 0.1) is 36.9 Å². The minimum absolute atomic E-state index is 0.0211. The third kappa shape index (κ3) is 8.94. The van der Waals surface area contributed by atoms with Crippen LogP contribution in [0.1, 0.15) is 0 Å². The minimum Gasteiger partial charge on any atom is -0.495 e. The van der Waals surface area contributed by atoms with Crippen LogP contribution in [0.2, 0.25) is 5.02 Å². The Morgan fingerprint density at radius 1 is 0.545 bits per heavy atom. The van der Waals surface area contributed by atoms with Gasteiger partial charge in [0.15, 0.2) is 11.5 Å². The first-order valence-electron chi connectivity index (χ1n) is 13.0. The molecule has 0 fully saturated rings. The molecule has 0 unspecified atom stereocenters. The fraction of sp³-hybridized carbons (Fsp3) is 0.0909. The summed E-state index contributed by atoms with van der Waals surface area (Å²) in [7, 11) is 4.41. The normalized spacial score (nSPS) is 9.82. The van der Waals surface area contributed by atoms with Crippen molar-refractivity contribution < 1.29 is 24.1 Å². The van der Waals surface area contributed by atoms with Crippen molar-refractivity contribution in [3.8, 4) is 39.5 Å². The van der Waals surface area contributed by atoms with Gasteiger partial charge in [0.2, 0.25) is 0 Å². The van der Waals surface area contributed by atoms with E-state index in [0.29, 0.717) is 10.7 Å². The summed E-state index contributed by atoms with van der Waals surface area (Å²) in [6, 6.07) is 34.6. The molecule has 0 bridgehead atoms. The minimum atomic E-state index is -0.519. The van der Waals surface area contributed by atoms with Gasteiger partial charge in [-0.15, -0.1) is 0 Å². The number of nitrogens with two attached hydrogens (primary N) is 1. The predicted octanol–water partition coefficient (Wildman–Crippen LogP) is 8.47. The number of nitrogen functional groups attached to an aromatic ring is 1. The first kappa shape index (κ1) is 32.9. The summed E-state index contributed by atoms with van der Waals surface area (Å²) in [6.45, 7) is 0. The van der Waals surface area contributed by atoms with Crippen LogP contribution in [0.25, 0.3) is 22.3 Å². The van der Waals surface area contributed by atoms with E-state index >= 15 is 0 Å². The molecular weight excluding hydrogens is 586 g/mol. The van der Waals surface area contributed by atoms with E-state index in [9.17, 15) is 20.2 Å². The van der Waals surface area contributed by atoms with Gasteiger partial charge >= 0.3 is 11.4 Å². The van der Waals surface area contributed by atoms with E-state index in [0.717, 1.165) is 28.0 Å². The second-order valence-corrected chi connectivity index (χ2v) is 9.34. The van der Waals surface area contributed by atoms with Crippen molar-refractivity contribution in [2.24, 2.45) is 0 Å². The van der Waals surface area contributed by atoms with Gasteiger partial charge in [-0.3, -0.25) is 20.2 Å². The molecule has 11 heteroatoms. The first-order chi connectivity index (χ1) is 21.2. The summed E-state index contributed by atoms with van der Waals surface area (Å²) in [4.78, 5) is 20.2. The van der Waals surface area contributed by atoms with E-state index in [2.05, 4.69) is 12.1 Å². The number of benzene rings is 5. The van der Waals surface area contributed by atoms with Crippen molar-refractivity contribution in [1.29, 1.82) is 0 Å². The van der Waals surface area contributed by atoms with Crippen LogP contribution in [0.3, 0.4) is 0 Å². The molecule has 10 nitrogen and oxygen atoms in total. The van der Waals surface area contributed by atoms with E-state index in [1.807, 2.05) is 66.7 Å². The van der Waals surface area contributed by atoms with Crippen molar-refractivity contribution in [3.63, 3.8) is 0 Å². The molecule has 0 aliphatic carbocycles. The molecule has 0 saturated heterocycles. The highest BCUT2D eigenvalue weighted by molar-refractivity contribution is 6.30. The Morgan fingerprint density at radius 3 is 1.41 bits per heavy atom. The van der Waals surface area contributed by atoms with Gasteiger partial charge in [-0.05, 0) is 52.6 Å². The fourth-order valence-electron chi connectivity index (χ4n) is 3.96. The van der Waals surface area contributed by atoms with E-state index in [4.69, 9.17) is 31.5 Å². The zero-order valence-corrected chi connectivity index (χ0v) is 24.9. The molecule has 0 aliphatic heterocycles. The van der Waals surface area contributed by atoms with E-state index < -0.39 is 9.85 Å². The topological polar surface area (TPSA) is 140 Å². The molecule has 226 valence electrons. The summed E-state index contributed by atoms with van der Waals surface area (Å²) in [5.74, 6) is 1.17. The molecule has 5 aromatic rings. The Morgan fingerprint density at radius 2 is 0.955 bits per heavy atom. The molecular formula is C33H30ClN3O7. The number of ether oxygens (including phenoxy) is 3. The summed E-state index contributed by atoms with van der Waals surface area (Å²) >= 11 is 5.60. The second-order valence-electron chi connectivity index (χ2n) is 8.91. The molecule has 0 saturated carbocycles. The Hall–Kier alpha value is -5.61. The van der Waals surface area contributed by atoms with Gasteiger partial charge in [0.1, 0.15) is 5.75 Å². The van der Waals surface area contributed by atoms with Gasteiger partial charge in [0, 0.05) is 23.2 Å². The lowest BCUT2D eigenvalue weighted by Gasteiger charge is -2.07. The highest BCUT2D eigenvalue weighted by atomic mass is 35.5. The van der Waals surface area contributed by atoms with Crippen LogP contribution in [-0.4, -0.2) is 31.2 Å². The van der Waals surface area contributed by atoms with Crippen LogP contribution >= 0.6 is 11.6 Å². The maximum Gasteiger partial charge on any atom is 0.311 e. The SMILES string of the molecule is COc1cc(-c2ccccc2)ccc1N.COc1cc(-c2ccccc2)ccc1[N+](=O)[O-].COc1cc(Cl)ccc1[N+](=O)[O-]. The molecule has 0 atom stereocenters. The number of halogens is 1. The molecule has 5 rings (SSSR count). The monoisotopic (exact) mass is 615 g/mol. The quantitative estimate of drug-likeness (QED) is 0.109. The highest BCUT2D eigenvalue weighted by Gasteiger charge is 2.15. The maximum atomic E-state index is 10.8. The van der Waals surface area contributed by atoms with Crippen LogP contribution in [0.4, 0.5) is 17.1 Å². The maximum absolute atomic E-state index is 10.8. The lowest BCUT2D eigenvalue weighted by molar-refractivity contribution is -0.385.